The van der Waals surface area contributed by atoms with E-state index in [2.05, 4.69) is 9.98 Å². The molecule has 22 heavy (non-hydrogen) atoms. The van der Waals surface area contributed by atoms with Crippen LogP contribution < -0.4 is 0 Å². The molecule has 0 aliphatic carbocycles. The Morgan fingerprint density at radius 2 is 1.68 bits per heavy atom. The van der Waals surface area contributed by atoms with E-state index in [-0.39, 0.29) is 5.88 Å². The van der Waals surface area contributed by atoms with Crippen molar-refractivity contribution < 1.29 is 18.3 Å². The molecule has 0 bridgehead atoms. The molecule has 0 spiro atoms. The zero-order valence-electron chi connectivity index (χ0n) is 11.2. The van der Waals surface area contributed by atoms with Gasteiger partial charge in [0.1, 0.15) is 0 Å². The molecule has 1 heterocycles. The van der Waals surface area contributed by atoms with Gasteiger partial charge >= 0.3 is 6.18 Å². The molecule has 3 rings (SSSR count). The molecule has 0 saturated carbocycles. The van der Waals surface area contributed by atoms with Gasteiger partial charge in [-0.05, 0) is 30.3 Å². The summed E-state index contributed by atoms with van der Waals surface area (Å²) >= 11 is 0. The van der Waals surface area contributed by atoms with E-state index in [9.17, 15) is 18.3 Å². The maximum Gasteiger partial charge on any atom is 0.416 e. The fourth-order valence-corrected chi connectivity index (χ4v) is 2.16. The summed E-state index contributed by atoms with van der Waals surface area (Å²) in [6.45, 7) is 0. The third kappa shape index (κ3) is 2.67. The lowest BCUT2D eigenvalue weighted by atomic mass is 10.2. The molecule has 0 aliphatic heterocycles. The number of halogens is 3. The molecule has 112 valence electrons. The summed E-state index contributed by atoms with van der Waals surface area (Å²) in [7, 11) is 0. The van der Waals surface area contributed by atoms with Crippen LogP contribution >= 0.6 is 0 Å². The molecule has 0 amide bonds. The van der Waals surface area contributed by atoms with Crippen molar-refractivity contribution in [1.29, 1.82) is 0 Å². The highest BCUT2D eigenvalue weighted by Crippen LogP contribution is 2.30. The fraction of sp³-hybridized carbons (Fsp3) is 0.0625. The lowest BCUT2D eigenvalue weighted by Crippen LogP contribution is -2.03. The largest absolute Gasteiger partial charge is 0.494 e. The van der Waals surface area contributed by atoms with Crippen molar-refractivity contribution in [2.45, 2.75) is 6.18 Å². The highest BCUT2D eigenvalue weighted by molar-refractivity contribution is 6.02. The summed E-state index contributed by atoms with van der Waals surface area (Å²) in [6.07, 6.45) is -2.94. The van der Waals surface area contributed by atoms with Gasteiger partial charge in [-0.25, -0.2) is 0 Å². The summed E-state index contributed by atoms with van der Waals surface area (Å²) in [5.74, 6) is -0.0307. The number of aliphatic imine (C=N–C) groups is 1. The van der Waals surface area contributed by atoms with Gasteiger partial charge in [-0.3, -0.25) is 4.99 Å². The van der Waals surface area contributed by atoms with Crippen molar-refractivity contribution in [2.75, 3.05) is 0 Å². The van der Waals surface area contributed by atoms with Crippen LogP contribution in [0.25, 0.3) is 10.9 Å². The zero-order chi connectivity index (χ0) is 15.7. The minimum absolute atomic E-state index is 0.0307. The summed E-state index contributed by atoms with van der Waals surface area (Å²) in [6, 6.07) is 11.8. The van der Waals surface area contributed by atoms with Crippen LogP contribution in [0.5, 0.6) is 5.88 Å². The smallest absolute Gasteiger partial charge is 0.416 e. The Kier molecular flexibility index (Phi) is 3.36. The minimum atomic E-state index is -4.36. The number of aromatic nitrogens is 1. The van der Waals surface area contributed by atoms with Gasteiger partial charge in [0, 0.05) is 17.1 Å². The molecule has 0 fully saturated rings. The molecule has 0 atom stereocenters. The molecule has 0 saturated heterocycles. The number of fused-ring (bicyclic) bond motifs is 1. The Bertz CT molecular complexity index is 833. The summed E-state index contributed by atoms with van der Waals surface area (Å²) < 4.78 is 37.4. The van der Waals surface area contributed by atoms with E-state index >= 15 is 0 Å². The first-order chi connectivity index (χ1) is 10.4. The number of rotatable bonds is 2. The molecule has 6 heteroatoms. The van der Waals surface area contributed by atoms with Crippen LogP contribution in [0.3, 0.4) is 0 Å². The standard InChI is InChI=1S/C16H11F3N2O/c17-16(18,19)10-5-7-11(8-6-10)20-9-13-12-3-1-2-4-14(12)21-15(13)22/h1-9,21-22H. The summed E-state index contributed by atoms with van der Waals surface area (Å²) in [4.78, 5) is 6.92. The molecular weight excluding hydrogens is 293 g/mol. The number of aromatic hydroxyl groups is 1. The van der Waals surface area contributed by atoms with Crippen LogP contribution in [0, 0.1) is 0 Å². The lowest BCUT2D eigenvalue weighted by molar-refractivity contribution is -0.137. The molecule has 1 aromatic heterocycles. The molecule has 2 N–H and O–H groups in total. The van der Waals surface area contributed by atoms with Gasteiger partial charge in [-0.2, -0.15) is 13.2 Å². The van der Waals surface area contributed by atoms with E-state index < -0.39 is 11.7 Å². The third-order valence-corrected chi connectivity index (χ3v) is 3.26. The van der Waals surface area contributed by atoms with E-state index in [1.54, 1.807) is 0 Å². The van der Waals surface area contributed by atoms with Gasteiger partial charge in [0.2, 0.25) is 0 Å². The number of nitrogens with zero attached hydrogens (tertiary/aromatic N) is 1. The van der Waals surface area contributed by atoms with Gasteiger partial charge in [-0.15, -0.1) is 0 Å². The van der Waals surface area contributed by atoms with Crippen molar-refractivity contribution in [2.24, 2.45) is 4.99 Å². The second-order valence-electron chi connectivity index (χ2n) is 4.74. The van der Waals surface area contributed by atoms with Crippen LogP contribution in [0.4, 0.5) is 18.9 Å². The molecule has 3 nitrogen and oxygen atoms in total. The van der Waals surface area contributed by atoms with E-state index in [0.29, 0.717) is 11.3 Å². The number of alkyl halides is 3. The SMILES string of the molecule is Oc1[nH]c2ccccc2c1C=Nc1ccc(C(F)(F)F)cc1. The summed E-state index contributed by atoms with van der Waals surface area (Å²) in [5, 5.41) is 10.7. The Hall–Kier alpha value is -2.76. The van der Waals surface area contributed by atoms with Crippen molar-refractivity contribution >= 4 is 22.8 Å². The number of para-hydroxylation sites is 1. The van der Waals surface area contributed by atoms with E-state index in [1.807, 2.05) is 24.3 Å². The van der Waals surface area contributed by atoms with Crippen molar-refractivity contribution in [3.05, 3.63) is 59.7 Å². The zero-order valence-corrected chi connectivity index (χ0v) is 11.2. The third-order valence-electron chi connectivity index (χ3n) is 3.26. The Balaban J connectivity index is 1.91. The van der Waals surface area contributed by atoms with Gasteiger partial charge in [0.05, 0.1) is 16.8 Å². The second-order valence-corrected chi connectivity index (χ2v) is 4.74. The van der Waals surface area contributed by atoms with E-state index in [0.717, 1.165) is 23.0 Å². The topological polar surface area (TPSA) is 48.4 Å². The predicted octanol–water partition coefficient (Wildman–Crippen LogP) is 4.64. The molecule has 3 aromatic rings. The number of aromatic amines is 1. The normalized spacial score (nSPS) is 12.3. The highest BCUT2D eigenvalue weighted by Gasteiger charge is 2.29. The van der Waals surface area contributed by atoms with Gasteiger partial charge in [0.15, 0.2) is 5.88 Å². The average Bonchev–Trinajstić information content (AvgIpc) is 2.80. The molecule has 0 radical (unpaired) electrons. The van der Waals surface area contributed by atoms with E-state index in [1.165, 1.54) is 18.3 Å². The van der Waals surface area contributed by atoms with Gasteiger partial charge < -0.3 is 10.1 Å². The quantitative estimate of drug-likeness (QED) is 0.666. The van der Waals surface area contributed by atoms with Crippen LogP contribution in [0.1, 0.15) is 11.1 Å². The van der Waals surface area contributed by atoms with Crippen molar-refractivity contribution in [3.63, 3.8) is 0 Å². The van der Waals surface area contributed by atoms with E-state index in [4.69, 9.17) is 0 Å². The first-order valence-electron chi connectivity index (χ1n) is 6.46. The Morgan fingerprint density at radius 1 is 1.00 bits per heavy atom. The van der Waals surface area contributed by atoms with Crippen LogP contribution in [-0.2, 0) is 6.18 Å². The van der Waals surface area contributed by atoms with Gasteiger partial charge in [0.25, 0.3) is 0 Å². The van der Waals surface area contributed by atoms with Crippen LogP contribution in [0.15, 0.2) is 53.5 Å². The summed E-state index contributed by atoms with van der Waals surface area (Å²) in [5.41, 5.74) is 0.906. The first-order valence-corrected chi connectivity index (χ1v) is 6.46. The molecular formula is C16H11F3N2O. The van der Waals surface area contributed by atoms with Crippen molar-refractivity contribution in [1.82, 2.24) is 4.98 Å². The van der Waals surface area contributed by atoms with Crippen LogP contribution in [-0.4, -0.2) is 16.3 Å². The average molecular weight is 304 g/mol. The number of nitrogens with one attached hydrogen (secondary N) is 1. The predicted molar refractivity (Wildman–Crippen MR) is 78.7 cm³/mol. The first kappa shape index (κ1) is 14.2. The monoisotopic (exact) mass is 304 g/mol. The minimum Gasteiger partial charge on any atom is -0.494 e. The van der Waals surface area contributed by atoms with Gasteiger partial charge in [-0.1, -0.05) is 18.2 Å². The number of H-pyrrole nitrogens is 1. The maximum absolute atomic E-state index is 12.5. The van der Waals surface area contributed by atoms with Crippen molar-refractivity contribution in [3.8, 4) is 5.88 Å². The Morgan fingerprint density at radius 3 is 2.36 bits per heavy atom. The number of hydrogen-bond donors (Lipinski definition) is 2. The maximum atomic E-state index is 12.5. The molecule has 2 aromatic carbocycles. The fourth-order valence-electron chi connectivity index (χ4n) is 2.16. The molecule has 0 aliphatic rings. The molecule has 0 unspecified atom stereocenters. The number of hydrogen-bond acceptors (Lipinski definition) is 2. The lowest BCUT2D eigenvalue weighted by Gasteiger charge is -2.05. The highest BCUT2D eigenvalue weighted by atomic mass is 19.4. The second kappa shape index (κ2) is 5.22. The number of benzene rings is 2. The van der Waals surface area contributed by atoms with Crippen LogP contribution in [0.2, 0.25) is 0 Å². The Labute approximate surface area is 123 Å².